The maximum Gasteiger partial charge on any atom is 0.309 e. The van der Waals surface area contributed by atoms with Crippen LogP contribution >= 0.6 is 0 Å². The first kappa shape index (κ1) is 8.53. The molecule has 0 aromatic heterocycles. The Morgan fingerprint density at radius 1 is 1.00 bits per heavy atom. The quantitative estimate of drug-likeness (QED) is 0.670. The van der Waals surface area contributed by atoms with Gasteiger partial charge in [-0.05, 0) is 26.7 Å². The van der Waals surface area contributed by atoms with Gasteiger partial charge in [-0.1, -0.05) is 0 Å². The second kappa shape index (κ2) is 1.74. The van der Waals surface area contributed by atoms with E-state index < -0.39 is 28.2 Å². The molecular formula is C9H12O4. The molecule has 0 radical (unpaired) electrons. The van der Waals surface area contributed by atoms with Gasteiger partial charge in [-0.25, -0.2) is 0 Å². The molecule has 13 heavy (non-hydrogen) atoms. The number of aliphatic carboxylic acids is 2. The molecule has 0 heterocycles. The molecule has 4 nitrogen and oxygen atoms in total. The second-order valence-electron chi connectivity index (χ2n) is 4.71. The molecule has 0 bridgehead atoms. The summed E-state index contributed by atoms with van der Waals surface area (Å²) in [6.07, 6.45) is 1.02. The average Bonchev–Trinajstić information content (AvgIpc) is 2.76. The van der Waals surface area contributed by atoms with Crippen LogP contribution in [-0.4, -0.2) is 22.2 Å². The molecule has 2 aliphatic rings. The molecule has 2 saturated carbocycles. The highest BCUT2D eigenvalue weighted by Crippen LogP contribution is 2.87. The molecule has 2 fully saturated rings. The van der Waals surface area contributed by atoms with Gasteiger partial charge in [0.2, 0.25) is 0 Å². The summed E-state index contributed by atoms with van der Waals surface area (Å²) in [6.45, 7) is 3.28. The zero-order chi connectivity index (χ0) is 10.1. The molecular weight excluding hydrogens is 172 g/mol. The van der Waals surface area contributed by atoms with Crippen LogP contribution in [0.25, 0.3) is 0 Å². The number of carbonyl (C=O) groups is 2. The summed E-state index contributed by atoms with van der Waals surface area (Å²) in [6, 6.07) is 0. The zero-order valence-corrected chi connectivity index (χ0v) is 7.63. The maximum atomic E-state index is 10.9. The van der Waals surface area contributed by atoms with Gasteiger partial charge in [-0.3, -0.25) is 9.59 Å². The van der Waals surface area contributed by atoms with Crippen LogP contribution in [-0.2, 0) is 9.59 Å². The first-order valence-corrected chi connectivity index (χ1v) is 4.27. The largest absolute Gasteiger partial charge is 0.481 e. The van der Waals surface area contributed by atoms with Gasteiger partial charge in [0.15, 0.2) is 0 Å². The summed E-state index contributed by atoms with van der Waals surface area (Å²) in [5.74, 6) is -1.73. The summed E-state index contributed by atoms with van der Waals surface area (Å²) >= 11 is 0. The van der Waals surface area contributed by atoms with Crippen LogP contribution in [0, 0.1) is 16.2 Å². The van der Waals surface area contributed by atoms with E-state index >= 15 is 0 Å². The SMILES string of the molecule is C[C@@]1(C(=O)O)CC12C[C@]2(C)C(=O)O. The van der Waals surface area contributed by atoms with Crippen molar-refractivity contribution < 1.29 is 19.8 Å². The van der Waals surface area contributed by atoms with Crippen molar-refractivity contribution in [1.82, 2.24) is 0 Å². The van der Waals surface area contributed by atoms with E-state index in [9.17, 15) is 9.59 Å². The number of rotatable bonds is 2. The Balaban J connectivity index is 2.26. The van der Waals surface area contributed by atoms with Crippen LogP contribution in [0.5, 0.6) is 0 Å². The topological polar surface area (TPSA) is 74.6 Å². The molecule has 1 unspecified atom stereocenters. The molecule has 0 aliphatic heterocycles. The molecule has 0 aromatic rings. The van der Waals surface area contributed by atoms with Gasteiger partial charge in [0, 0.05) is 5.41 Å². The lowest BCUT2D eigenvalue weighted by atomic mass is 9.98. The lowest BCUT2D eigenvalue weighted by Gasteiger charge is -2.07. The molecule has 1 spiro atoms. The van der Waals surface area contributed by atoms with Gasteiger partial charge >= 0.3 is 11.9 Å². The van der Waals surface area contributed by atoms with Gasteiger partial charge in [0.1, 0.15) is 0 Å². The van der Waals surface area contributed by atoms with Crippen LogP contribution in [0.2, 0.25) is 0 Å². The third-order valence-electron chi connectivity index (χ3n) is 4.12. The fourth-order valence-corrected chi connectivity index (χ4v) is 2.74. The first-order valence-electron chi connectivity index (χ1n) is 4.27. The fraction of sp³-hybridized carbons (Fsp3) is 0.778. The van der Waals surface area contributed by atoms with Crippen LogP contribution in [0.3, 0.4) is 0 Å². The van der Waals surface area contributed by atoms with Crippen LogP contribution in [0.4, 0.5) is 0 Å². The summed E-state index contributed by atoms with van der Waals surface area (Å²) in [5.41, 5.74) is -2.03. The smallest absolute Gasteiger partial charge is 0.309 e. The standard InChI is InChI=1S/C9H12O4/c1-7(5(10)11)3-9(7)4-8(9,2)6(12)13/h3-4H2,1-2H3,(H,10,11)(H,12,13)/t7-,8+,9?. The van der Waals surface area contributed by atoms with E-state index in [0.29, 0.717) is 12.8 Å². The normalized spacial score (nSPS) is 51.8. The van der Waals surface area contributed by atoms with Crippen molar-refractivity contribution in [2.45, 2.75) is 26.7 Å². The molecule has 4 heteroatoms. The predicted molar refractivity (Wildman–Crippen MR) is 43.2 cm³/mol. The Morgan fingerprint density at radius 3 is 1.46 bits per heavy atom. The van der Waals surface area contributed by atoms with Crippen molar-refractivity contribution in [3.05, 3.63) is 0 Å². The molecule has 2 rings (SSSR count). The van der Waals surface area contributed by atoms with Gasteiger partial charge in [0.05, 0.1) is 10.8 Å². The summed E-state index contributed by atoms with van der Waals surface area (Å²) in [5, 5.41) is 17.8. The van der Waals surface area contributed by atoms with E-state index in [0.717, 1.165) is 0 Å². The van der Waals surface area contributed by atoms with E-state index in [-0.39, 0.29) is 0 Å². The molecule has 3 atom stereocenters. The van der Waals surface area contributed by atoms with Crippen LogP contribution in [0.15, 0.2) is 0 Å². The minimum atomic E-state index is -0.863. The third-order valence-corrected chi connectivity index (χ3v) is 4.12. The second-order valence-corrected chi connectivity index (χ2v) is 4.71. The predicted octanol–water partition coefficient (Wildman–Crippen LogP) is 0.962. The fourth-order valence-electron chi connectivity index (χ4n) is 2.74. The summed E-state index contributed by atoms with van der Waals surface area (Å²) in [7, 11) is 0. The highest BCUT2D eigenvalue weighted by Gasteiger charge is 2.89. The minimum Gasteiger partial charge on any atom is -0.481 e. The molecule has 2 aliphatic carbocycles. The monoisotopic (exact) mass is 184 g/mol. The molecule has 0 aromatic carbocycles. The lowest BCUT2D eigenvalue weighted by molar-refractivity contribution is -0.145. The Morgan fingerprint density at radius 2 is 1.31 bits per heavy atom. The van der Waals surface area contributed by atoms with Crippen molar-refractivity contribution in [2.24, 2.45) is 16.2 Å². The Labute approximate surface area is 75.6 Å². The third kappa shape index (κ3) is 0.641. The minimum absolute atomic E-state index is 0.447. The highest BCUT2D eigenvalue weighted by molar-refractivity contribution is 5.89. The van der Waals surface area contributed by atoms with Crippen molar-refractivity contribution in [3.8, 4) is 0 Å². The van der Waals surface area contributed by atoms with E-state index in [1.165, 1.54) is 0 Å². The summed E-state index contributed by atoms with van der Waals surface area (Å²) < 4.78 is 0. The van der Waals surface area contributed by atoms with Crippen molar-refractivity contribution in [2.75, 3.05) is 0 Å². The molecule has 2 N–H and O–H groups in total. The van der Waals surface area contributed by atoms with Crippen molar-refractivity contribution >= 4 is 11.9 Å². The number of hydrogen-bond acceptors (Lipinski definition) is 2. The zero-order valence-electron chi connectivity index (χ0n) is 7.63. The van der Waals surface area contributed by atoms with Crippen LogP contribution in [0.1, 0.15) is 26.7 Å². The molecule has 0 amide bonds. The van der Waals surface area contributed by atoms with E-state index in [1.54, 1.807) is 13.8 Å². The maximum absolute atomic E-state index is 10.9. The Hall–Kier alpha value is -1.06. The molecule has 72 valence electrons. The lowest BCUT2D eigenvalue weighted by Crippen LogP contribution is -2.20. The first-order chi connectivity index (χ1) is 5.80. The average molecular weight is 184 g/mol. The van der Waals surface area contributed by atoms with E-state index in [2.05, 4.69) is 0 Å². The number of carboxylic acids is 2. The van der Waals surface area contributed by atoms with Gasteiger partial charge in [-0.2, -0.15) is 0 Å². The van der Waals surface area contributed by atoms with E-state index in [4.69, 9.17) is 10.2 Å². The number of carboxylic acid groups (broad SMARTS) is 2. The molecule has 0 saturated heterocycles. The number of hydrogen-bond donors (Lipinski definition) is 2. The van der Waals surface area contributed by atoms with Gasteiger partial charge < -0.3 is 10.2 Å². The van der Waals surface area contributed by atoms with Crippen molar-refractivity contribution in [3.63, 3.8) is 0 Å². The van der Waals surface area contributed by atoms with Crippen molar-refractivity contribution in [1.29, 1.82) is 0 Å². The Kier molecular flexibility index (Phi) is 1.14. The van der Waals surface area contributed by atoms with E-state index in [1.807, 2.05) is 0 Å². The highest BCUT2D eigenvalue weighted by atomic mass is 16.4. The summed E-state index contributed by atoms with van der Waals surface area (Å²) in [4.78, 5) is 21.7. The van der Waals surface area contributed by atoms with Crippen LogP contribution < -0.4 is 0 Å². The van der Waals surface area contributed by atoms with Gasteiger partial charge in [-0.15, -0.1) is 0 Å². The Bertz CT molecular complexity index is 290. The van der Waals surface area contributed by atoms with Gasteiger partial charge in [0.25, 0.3) is 0 Å².